The number of hydrogen-bond donors (Lipinski definition) is 0. The fourth-order valence-electron chi connectivity index (χ4n) is 1.76. The van der Waals surface area contributed by atoms with Gasteiger partial charge in [-0.3, -0.25) is 9.48 Å². The average Bonchev–Trinajstić information content (AvgIpc) is 2.85. The number of carbonyl (C=O) groups excluding carboxylic acids is 2. The summed E-state index contributed by atoms with van der Waals surface area (Å²) >= 11 is 6.06. The van der Waals surface area contributed by atoms with Crippen LogP contribution in [0.1, 0.15) is 33.3 Å². The van der Waals surface area contributed by atoms with E-state index in [0.717, 1.165) is 5.56 Å². The second-order valence-electron chi connectivity index (χ2n) is 4.06. The quantitative estimate of drug-likeness (QED) is 0.628. The average molecular weight is 293 g/mol. The predicted octanol–water partition coefficient (Wildman–Crippen LogP) is 2.57. The highest BCUT2D eigenvalue weighted by Gasteiger charge is 2.17. The molecule has 0 amide bonds. The highest BCUT2D eigenvalue weighted by molar-refractivity contribution is 6.31. The Kier molecular flexibility index (Phi) is 4.53. The SMILES string of the molecule is CCOC(=O)c1nn(Cc2ccccc2Cl)cc1C=O. The Morgan fingerprint density at radius 2 is 2.20 bits per heavy atom. The van der Waals surface area contributed by atoms with Gasteiger partial charge in [0.15, 0.2) is 12.0 Å². The third-order valence-electron chi connectivity index (χ3n) is 2.68. The molecule has 0 aliphatic heterocycles. The van der Waals surface area contributed by atoms with Gasteiger partial charge in [0.2, 0.25) is 0 Å². The molecule has 0 bridgehead atoms. The number of aldehydes is 1. The minimum Gasteiger partial charge on any atom is -0.461 e. The summed E-state index contributed by atoms with van der Waals surface area (Å²) in [5, 5.41) is 4.69. The van der Waals surface area contributed by atoms with Crippen LogP contribution in [0.25, 0.3) is 0 Å². The van der Waals surface area contributed by atoms with Gasteiger partial charge in [0.25, 0.3) is 0 Å². The molecule has 1 aromatic carbocycles. The summed E-state index contributed by atoms with van der Waals surface area (Å²) in [6.07, 6.45) is 2.09. The maximum absolute atomic E-state index is 11.7. The van der Waals surface area contributed by atoms with Crippen LogP contribution in [0.4, 0.5) is 0 Å². The van der Waals surface area contributed by atoms with Gasteiger partial charge in [-0.25, -0.2) is 4.79 Å². The minimum absolute atomic E-state index is 0.0221. The smallest absolute Gasteiger partial charge is 0.359 e. The molecule has 0 unspecified atom stereocenters. The molecule has 6 heteroatoms. The summed E-state index contributed by atoms with van der Waals surface area (Å²) in [5.74, 6) is -0.604. The Morgan fingerprint density at radius 3 is 2.85 bits per heavy atom. The maximum Gasteiger partial charge on any atom is 0.359 e. The Morgan fingerprint density at radius 1 is 1.45 bits per heavy atom. The van der Waals surface area contributed by atoms with Crippen molar-refractivity contribution < 1.29 is 14.3 Å². The molecule has 0 fully saturated rings. The van der Waals surface area contributed by atoms with Crippen LogP contribution in [0, 0.1) is 0 Å². The van der Waals surface area contributed by atoms with E-state index in [2.05, 4.69) is 5.10 Å². The van der Waals surface area contributed by atoms with Crippen LogP contribution in [0.2, 0.25) is 5.02 Å². The van der Waals surface area contributed by atoms with Gasteiger partial charge in [0, 0.05) is 11.2 Å². The van der Waals surface area contributed by atoms with Gasteiger partial charge in [-0.1, -0.05) is 29.8 Å². The number of rotatable bonds is 5. The van der Waals surface area contributed by atoms with E-state index in [1.54, 1.807) is 13.0 Å². The first kappa shape index (κ1) is 14.3. The zero-order valence-corrected chi connectivity index (χ0v) is 11.6. The van der Waals surface area contributed by atoms with Crippen LogP contribution in [-0.4, -0.2) is 28.6 Å². The molecule has 2 rings (SSSR count). The lowest BCUT2D eigenvalue weighted by Crippen LogP contribution is -2.09. The number of benzene rings is 1. The largest absolute Gasteiger partial charge is 0.461 e. The molecule has 0 saturated carbocycles. The Balaban J connectivity index is 2.28. The van der Waals surface area contributed by atoms with Gasteiger partial charge in [-0.05, 0) is 18.6 Å². The summed E-state index contributed by atoms with van der Waals surface area (Å²) in [5.41, 5.74) is 1.08. The molecular weight excluding hydrogens is 280 g/mol. The second kappa shape index (κ2) is 6.34. The van der Waals surface area contributed by atoms with Crippen molar-refractivity contribution in [2.24, 2.45) is 0 Å². The van der Waals surface area contributed by atoms with Gasteiger partial charge >= 0.3 is 5.97 Å². The van der Waals surface area contributed by atoms with E-state index >= 15 is 0 Å². The fraction of sp³-hybridized carbons (Fsp3) is 0.214. The first-order valence-electron chi connectivity index (χ1n) is 6.09. The number of carbonyl (C=O) groups is 2. The van der Waals surface area contributed by atoms with Crippen LogP contribution in [-0.2, 0) is 11.3 Å². The second-order valence-corrected chi connectivity index (χ2v) is 4.47. The zero-order chi connectivity index (χ0) is 14.5. The molecule has 0 aliphatic rings. The monoisotopic (exact) mass is 292 g/mol. The van der Waals surface area contributed by atoms with E-state index in [1.165, 1.54) is 10.9 Å². The number of nitrogens with zero attached hydrogens (tertiary/aromatic N) is 2. The minimum atomic E-state index is -0.604. The van der Waals surface area contributed by atoms with Gasteiger partial charge < -0.3 is 4.74 Å². The first-order valence-corrected chi connectivity index (χ1v) is 6.46. The summed E-state index contributed by atoms with van der Waals surface area (Å²) in [6.45, 7) is 2.30. The zero-order valence-electron chi connectivity index (χ0n) is 10.9. The lowest BCUT2D eigenvalue weighted by molar-refractivity contribution is 0.0516. The first-order chi connectivity index (χ1) is 9.65. The normalized spacial score (nSPS) is 10.3. The molecule has 104 valence electrons. The third-order valence-corrected chi connectivity index (χ3v) is 3.04. The van der Waals surface area contributed by atoms with E-state index in [9.17, 15) is 9.59 Å². The number of aromatic nitrogens is 2. The van der Waals surface area contributed by atoms with Crippen molar-refractivity contribution in [2.45, 2.75) is 13.5 Å². The summed E-state index contributed by atoms with van der Waals surface area (Å²) < 4.78 is 6.36. The molecule has 0 saturated heterocycles. The van der Waals surface area contributed by atoms with Crippen molar-refractivity contribution in [2.75, 3.05) is 6.61 Å². The van der Waals surface area contributed by atoms with Crippen molar-refractivity contribution in [3.8, 4) is 0 Å². The molecular formula is C14H13ClN2O3. The summed E-state index contributed by atoms with van der Waals surface area (Å²) in [7, 11) is 0. The third kappa shape index (κ3) is 3.05. The van der Waals surface area contributed by atoms with Gasteiger partial charge in [0.1, 0.15) is 0 Å². The van der Waals surface area contributed by atoms with Gasteiger partial charge in [-0.15, -0.1) is 0 Å². The Bertz CT molecular complexity index is 637. The highest BCUT2D eigenvalue weighted by atomic mass is 35.5. The van der Waals surface area contributed by atoms with Crippen molar-refractivity contribution in [3.05, 3.63) is 52.3 Å². The van der Waals surface area contributed by atoms with Crippen molar-refractivity contribution in [3.63, 3.8) is 0 Å². The number of halogens is 1. The van der Waals surface area contributed by atoms with Crippen LogP contribution < -0.4 is 0 Å². The highest BCUT2D eigenvalue weighted by Crippen LogP contribution is 2.17. The van der Waals surface area contributed by atoms with Gasteiger partial charge in [-0.2, -0.15) is 5.10 Å². The fourth-order valence-corrected chi connectivity index (χ4v) is 1.96. The number of esters is 1. The van der Waals surface area contributed by atoms with Crippen LogP contribution in [0.15, 0.2) is 30.5 Å². The maximum atomic E-state index is 11.7. The Labute approximate surface area is 121 Å². The molecule has 5 nitrogen and oxygen atoms in total. The van der Waals surface area contributed by atoms with Crippen molar-refractivity contribution >= 4 is 23.9 Å². The molecule has 2 aromatic rings. The van der Waals surface area contributed by atoms with Crippen LogP contribution >= 0.6 is 11.6 Å². The molecule has 20 heavy (non-hydrogen) atoms. The van der Waals surface area contributed by atoms with Crippen molar-refractivity contribution in [1.82, 2.24) is 9.78 Å². The molecule has 0 atom stereocenters. The van der Waals surface area contributed by atoms with Crippen LogP contribution in [0.5, 0.6) is 0 Å². The molecule has 0 spiro atoms. The standard InChI is InChI=1S/C14H13ClN2O3/c1-2-20-14(19)13-11(9-18)8-17(16-13)7-10-5-3-4-6-12(10)15/h3-6,8-9H,2,7H2,1H3. The summed E-state index contributed by atoms with van der Waals surface area (Å²) in [4.78, 5) is 22.7. The molecule has 1 aromatic heterocycles. The summed E-state index contributed by atoms with van der Waals surface area (Å²) in [6, 6.07) is 7.31. The number of hydrogen-bond acceptors (Lipinski definition) is 4. The van der Waals surface area contributed by atoms with Gasteiger partial charge in [0.05, 0.1) is 18.7 Å². The van der Waals surface area contributed by atoms with E-state index in [4.69, 9.17) is 16.3 Å². The van der Waals surface area contributed by atoms with E-state index < -0.39 is 5.97 Å². The number of ether oxygens (including phenoxy) is 1. The molecule has 1 heterocycles. The van der Waals surface area contributed by atoms with E-state index in [1.807, 2.05) is 18.2 Å². The molecule has 0 aliphatic carbocycles. The molecule has 0 N–H and O–H groups in total. The lowest BCUT2D eigenvalue weighted by atomic mass is 10.2. The van der Waals surface area contributed by atoms with E-state index in [0.29, 0.717) is 17.9 Å². The Hall–Kier alpha value is -2.14. The predicted molar refractivity (Wildman–Crippen MR) is 74.1 cm³/mol. The van der Waals surface area contributed by atoms with Crippen LogP contribution in [0.3, 0.4) is 0 Å². The van der Waals surface area contributed by atoms with E-state index in [-0.39, 0.29) is 17.9 Å². The molecule has 0 radical (unpaired) electrons. The topological polar surface area (TPSA) is 61.2 Å². The lowest BCUT2D eigenvalue weighted by Gasteiger charge is -2.03. The van der Waals surface area contributed by atoms with Crippen molar-refractivity contribution in [1.29, 1.82) is 0 Å².